The lowest BCUT2D eigenvalue weighted by Crippen LogP contribution is -2.39. The van der Waals surface area contributed by atoms with Crippen molar-refractivity contribution in [3.05, 3.63) is 0 Å². The van der Waals surface area contributed by atoms with Crippen LogP contribution in [0.4, 0.5) is 0 Å². The van der Waals surface area contributed by atoms with Gasteiger partial charge in [0.2, 0.25) is 0 Å². The maximum absolute atomic E-state index is 6.05. The summed E-state index contributed by atoms with van der Waals surface area (Å²) in [5, 5.41) is 3.59. The smallest absolute Gasteiger partial charge is 0.0291 e. The highest BCUT2D eigenvalue weighted by Crippen LogP contribution is 2.27. The maximum Gasteiger partial charge on any atom is 0.0291 e. The third-order valence-corrected chi connectivity index (χ3v) is 3.90. The molecule has 0 aliphatic heterocycles. The minimum Gasteiger partial charge on any atom is -0.314 e. The van der Waals surface area contributed by atoms with E-state index >= 15 is 0 Å². The van der Waals surface area contributed by atoms with Crippen LogP contribution < -0.4 is 5.32 Å². The number of rotatable bonds is 8. The van der Waals surface area contributed by atoms with E-state index in [9.17, 15) is 0 Å². The molecule has 0 saturated carbocycles. The molecule has 0 heterocycles. The summed E-state index contributed by atoms with van der Waals surface area (Å²) in [6, 6.07) is 0.626. The van der Waals surface area contributed by atoms with Gasteiger partial charge in [0.25, 0.3) is 0 Å². The molecule has 0 rings (SSSR count). The molecule has 1 N–H and O–H groups in total. The summed E-state index contributed by atoms with van der Waals surface area (Å²) in [6.45, 7) is 10.0. The number of halogens is 1. The Bertz CT molecular complexity index is 124. The zero-order valence-corrected chi connectivity index (χ0v) is 11.0. The molecule has 0 fully saturated rings. The van der Waals surface area contributed by atoms with Crippen LogP contribution in [0.25, 0.3) is 0 Å². The molecule has 0 aliphatic carbocycles. The molecule has 1 atom stereocenters. The molecule has 2 heteroatoms. The fourth-order valence-corrected chi connectivity index (χ4v) is 2.13. The third-order valence-electron chi connectivity index (χ3n) is 3.33. The molecule has 1 nitrogen and oxygen atoms in total. The topological polar surface area (TPSA) is 12.0 Å². The van der Waals surface area contributed by atoms with Gasteiger partial charge < -0.3 is 5.32 Å². The molecule has 14 heavy (non-hydrogen) atoms. The van der Waals surface area contributed by atoms with Crippen molar-refractivity contribution >= 4 is 11.6 Å². The standard InChI is InChI=1S/C12H26ClN/c1-5-8-11(4)14-10-12(6-2,7-3)9-13/h11,14H,5-10H2,1-4H3. The highest BCUT2D eigenvalue weighted by molar-refractivity contribution is 6.18. The van der Waals surface area contributed by atoms with Gasteiger partial charge in [0.15, 0.2) is 0 Å². The molecule has 0 aromatic carbocycles. The summed E-state index contributed by atoms with van der Waals surface area (Å²) >= 11 is 6.05. The normalized spacial score (nSPS) is 14.4. The van der Waals surface area contributed by atoms with Gasteiger partial charge in [-0.15, -0.1) is 11.6 Å². The number of hydrogen-bond acceptors (Lipinski definition) is 1. The van der Waals surface area contributed by atoms with Crippen LogP contribution in [0.15, 0.2) is 0 Å². The SMILES string of the molecule is CCCC(C)NCC(CC)(CC)CCl. The first-order valence-electron chi connectivity index (χ1n) is 5.93. The first-order chi connectivity index (χ1) is 6.64. The Hall–Kier alpha value is 0.250. The average molecular weight is 220 g/mol. The fourth-order valence-electron chi connectivity index (χ4n) is 1.66. The van der Waals surface area contributed by atoms with Crippen molar-refractivity contribution in [3.8, 4) is 0 Å². The van der Waals surface area contributed by atoms with E-state index < -0.39 is 0 Å². The van der Waals surface area contributed by atoms with Gasteiger partial charge in [-0.2, -0.15) is 0 Å². The molecule has 0 radical (unpaired) electrons. The van der Waals surface area contributed by atoms with Crippen molar-refractivity contribution in [2.45, 2.75) is 59.4 Å². The zero-order chi connectivity index (χ0) is 11.0. The van der Waals surface area contributed by atoms with Gasteiger partial charge >= 0.3 is 0 Å². The Morgan fingerprint density at radius 2 is 1.79 bits per heavy atom. The lowest BCUT2D eigenvalue weighted by atomic mass is 9.84. The maximum atomic E-state index is 6.05. The monoisotopic (exact) mass is 219 g/mol. The van der Waals surface area contributed by atoms with Crippen LogP contribution in [0.5, 0.6) is 0 Å². The first-order valence-corrected chi connectivity index (χ1v) is 6.47. The second kappa shape index (κ2) is 7.53. The van der Waals surface area contributed by atoms with Crippen molar-refractivity contribution < 1.29 is 0 Å². The number of alkyl halides is 1. The van der Waals surface area contributed by atoms with E-state index in [1.807, 2.05) is 0 Å². The highest BCUT2D eigenvalue weighted by Gasteiger charge is 2.24. The van der Waals surface area contributed by atoms with E-state index in [4.69, 9.17) is 11.6 Å². The van der Waals surface area contributed by atoms with Crippen molar-refractivity contribution in [1.82, 2.24) is 5.32 Å². The van der Waals surface area contributed by atoms with Crippen LogP contribution in [0.1, 0.15) is 53.4 Å². The van der Waals surface area contributed by atoms with E-state index in [0.29, 0.717) is 11.5 Å². The van der Waals surface area contributed by atoms with Crippen LogP contribution >= 0.6 is 11.6 Å². The number of nitrogens with one attached hydrogen (secondary N) is 1. The van der Waals surface area contributed by atoms with Gasteiger partial charge in [-0.1, -0.05) is 27.2 Å². The van der Waals surface area contributed by atoms with Crippen LogP contribution in [-0.4, -0.2) is 18.5 Å². The van der Waals surface area contributed by atoms with Crippen LogP contribution in [0.3, 0.4) is 0 Å². The highest BCUT2D eigenvalue weighted by atomic mass is 35.5. The van der Waals surface area contributed by atoms with E-state index in [-0.39, 0.29) is 0 Å². The quantitative estimate of drug-likeness (QED) is 0.613. The van der Waals surface area contributed by atoms with Crippen molar-refractivity contribution in [3.63, 3.8) is 0 Å². The molecule has 0 bridgehead atoms. The van der Waals surface area contributed by atoms with Crippen LogP contribution in [0.2, 0.25) is 0 Å². The summed E-state index contributed by atoms with van der Waals surface area (Å²) in [7, 11) is 0. The Morgan fingerprint density at radius 3 is 2.14 bits per heavy atom. The van der Waals surface area contributed by atoms with Crippen molar-refractivity contribution in [2.75, 3.05) is 12.4 Å². The molecular weight excluding hydrogens is 194 g/mol. The van der Waals surface area contributed by atoms with E-state index in [1.54, 1.807) is 0 Å². The summed E-state index contributed by atoms with van der Waals surface area (Å²) in [4.78, 5) is 0. The summed E-state index contributed by atoms with van der Waals surface area (Å²) in [6.07, 6.45) is 4.84. The molecule has 86 valence electrons. The molecule has 0 spiro atoms. The van der Waals surface area contributed by atoms with Gasteiger partial charge in [-0.25, -0.2) is 0 Å². The van der Waals surface area contributed by atoms with Gasteiger partial charge in [-0.3, -0.25) is 0 Å². The zero-order valence-electron chi connectivity index (χ0n) is 10.2. The third kappa shape index (κ3) is 4.65. The van der Waals surface area contributed by atoms with E-state index in [0.717, 1.165) is 12.4 Å². The van der Waals surface area contributed by atoms with E-state index in [2.05, 4.69) is 33.0 Å². The second-order valence-corrected chi connectivity index (χ2v) is 4.68. The summed E-state index contributed by atoms with van der Waals surface area (Å²) in [5.41, 5.74) is 0.309. The Labute approximate surface area is 94.6 Å². The van der Waals surface area contributed by atoms with Crippen molar-refractivity contribution in [2.24, 2.45) is 5.41 Å². The van der Waals surface area contributed by atoms with E-state index in [1.165, 1.54) is 25.7 Å². The second-order valence-electron chi connectivity index (χ2n) is 4.41. The molecule has 1 unspecified atom stereocenters. The summed E-state index contributed by atoms with van der Waals surface area (Å²) in [5.74, 6) is 0.770. The van der Waals surface area contributed by atoms with Crippen molar-refractivity contribution in [1.29, 1.82) is 0 Å². The number of hydrogen-bond donors (Lipinski definition) is 1. The van der Waals surface area contributed by atoms with Crippen LogP contribution in [0, 0.1) is 5.41 Å². The molecule has 0 amide bonds. The fraction of sp³-hybridized carbons (Fsp3) is 1.00. The Balaban J connectivity index is 3.92. The van der Waals surface area contributed by atoms with Crippen LogP contribution in [-0.2, 0) is 0 Å². The predicted molar refractivity (Wildman–Crippen MR) is 66.1 cm³/mol. The molecule has 0 aliphatic rings. The van der Waals surface area contributed by atoms with Gasteiger partial charge in [0.1, 0.15) is 0 Å². The largest absolute Gasteiger partial charge is 0.314 e. The van der Waals surface area contributed by atoms with Gasteiger partial charge in [0.05, 0.1) is 0 Å². The van der Waals surface area contributed by atoms with Gasteiger partial charge in [-0.05, 0) is 31.6 Å². The summed E-state index contributed by atoms with van der Waals surface area (Å²) < 4.78 is 0. The minimum absolute atomic E-state index is 0.309. The Kier molecular flexibility index (Phi) is 7.66. The van der Waals surface area contributed by atoms with Gasteiger partial charge in [0, 0.05) is 18.5 Å². The molecule has 0 aromatic rings. The average Bonchev–Trinajstić information content (AvgIpc) is 2.21. The Morgan fingerprint density at radius 1 is 1.21 bits per heavy atom. The minimum atomic E-state index is 0.309. The first kappa shape index (κ1) is 14.2. The molecule has 0 aromatic heterocycles. The lowest BCUT2D eigenvalue weighted by molar-refractivity contribution is 0.272. The molecule has 0 saturated heterocycles. The predicted octanol–water partition coefficient (Wildman–Crippen LogP) is 3.81. The molecular formula is C12H26ClN. The lowest BCUT2D eigenvalue weighted by Gasteiger charge is -2.31.